The van der Waals surface area contributed by atoms with E-state index in [1.54, 1.807) is 31.5 Å². The number of benzene rings is 3. The Balaban J connectivity index is 1.58. The minimum Gasteiger partial charge on any atom is -0.493 e. The number of nitrogens with zero attached hydrogens (tertiary/aromatic N) is 3. The number of H-pyrrole nitrogens is 1. The van der Waals surface area contributed by atoms with E-state index >= 15 is 0 Å². The van der Waals surface area contributed by atoms with Crippen LogP contribution in [-0.2, 0) is 6.61 Å². The molecule has 0 atom stereocenters. The molecule has 0 saturated carbocycles. The topological polar surface area (TPSA) is 64.4 Å². The van der Waals surface area contributed by atoms with Gasteiger partial charge in [-0.25, -0.2) is 5.10 Å². The Morgan fingerprint density at radius 1 is 1.06 bits per heavy atom. The largest absolute Gasteiger partial charge is 0.493 e. The molecule has 3 aromatic carbocycles. The summed E-state index contributed by atoms with van der Waals surface area (Å²) in [4.78, 5) is 0. The molecule has 162 valence electrons. The summed E-state index contributed by atoms with van der Waals surface area (Å²) < 4.78 is 13.2. The Bertz CT molecular complexity index is 1320. The van der Waals surface area contributed by atoms with Crippen molar-refractivity contribution in [3.8, 4) is 22.9 Å². The maximum atomic E-state index is 6.33. The quantitative estimate of drug-likeness (QED) is 0.244. The van der Waals surface area contributed by atoms with Crippen molar-refractivity contribution in [3.05, 3.63) is 92.7 Å². The second-order valence-corrected chi connectivity index (χ2v) is 7.95. The summed E-state index contributed by atoms with van der Waals surface area (Å²) in [5.74, 6) is 1.71. The highest BCUT2D eigenvalue weighted by molar-refractivity contribution is 7.71. The second kappa shape index (κ2) is 9.99. The molecule has 1 N–H and O–H groups in total. The zero-order valence-electron chi connectivity index (χ0n) is 17.0. The third-order valence-corrected chi connectivity index (χ3v) is 5.38. The highest BCUT2D eigenvalue weighted by atomic mass is 35.5. The minimum atomic E-state index is 0.331. The predicted molar refractivity (Wildman–Crippen MR) is 130 cm³/mol. The summed E-state index contributed by atoms with van der Waals surface area (Å²) in [7, 11) is 1.60. The molecule has 0 bridgehead atoms. The molecule has 32 heavy (non-hydrogen) atoms. The van der Waals surface area contributed by atoms with Gasteiger partial charge in [-0.1, -0.05) is 53.5 Å². The Morgan fingerprint density at radius 3 is 2.62 bits per heavy atom. The van der Waals surface area contributed by atoms with Crippen molar-refractivity contribution in [1.29, 1.82) is 0 Å². The molecule has 4 aromatic rings. The molecule has 9 heteroatoms. The standard InChI is InChI=1S/C23H18Cl2N4O2S/c1-30-21-11-16(7-10-20(21)31-14-15-5-3-2-4-6-15)13-26-29-22(27-28-23(29)32)18-9-8-17(24)12-19(18)25/h2-13H,14H2,1H3,(H,28,32). The monoisotopic (exact) mass is 484 g/mol. The van der Waals surface area contributed by atoms with Crippen LogP contribution in [-0.4, -0.2) is 28.2 Å². The maximum absolute atomic E-state index is 6.33. The van der Waals surface area contributed by atoms with Crippen molar-refractivity contribution >= 4 is 41.6 Å². The van der Waals surface area contributed by atoms with Gasteiger partial charge in [0.15, 0.2) is 17.3 Å². The van der Waals surface area contributed by atoms with E-state index in [4.69, 9.17) is 44.9 Å². The van der Waals surface area contributed by atoms with Crippen LogP contribution in [0.4, 0.5) is 0 Å². The van der Waals surface area contributed by atoms with Crippen LogP contribution >= 0.6 is 35.4 Å². The third kappa shape index (κ3) is 5.02. The van der Waals surface area contributed by atoms with Gasteiger partial charge in [-0.2, -0.15) is 14.9 Å². The van der Waals surface area contributed by atoms with Gasteiger partial charge in [-0.3, -0.25) is 0 Å². The van der Waals surface area contributed by atoms with Crippen LogP contribution in [0, 0.1) is 4.77 Å². The lowest BCUT2D eigenvalue weighted by molar-refractivity contribution is 0.284. The van der Waals surface area contributed by atoms with Gasteiger partial charge in [0, 0.05) is 10.6 Å². The van der Waals surface area contributed by atoms with Gasteiger partial charge < -0.3 is 9.47 Å². The van der Waals surface area contributed by atoms with Crippen LogP contribution in [0.1, 0.15) is 11.1 Å². The number of aromatic amines is 1. The number of rotatable bonds is 7. The molecule has 0 aliphatic rings. The van der Waals surface area contributed by atoms with Crippen molar-refractivity contribution in [3.63, 3.8) is 0 Å². The van der Waals surface area contributed by atoms with Crippen molar-refractivity contribution in [2.75, 3.05) is 7.11 Å². The van der Waals surface area contributed by atoms with E-state index in [1.165, 1.54) is 4.68 Å². The van der Waals surface area contributed by atoms with Crippen LogP contribution in [0.2, 0.25) is 10.0 Å². The summed E-state index contributed by atoms with van der Waals surface area (Å²) in [6.45, 7) is 0.444. The number of hydrogen-bond donors (Lipinski definition) is 1. The highest BCUT2D eigenvalue weighted by Crippen LogP contribution is 2.30. The number of halogens is 2. The first-order valence-corrected chi connectivity index (χ1v) is 10.7. The van der Waals surface area contributed by atoms with Gasteiger partial charge in [0.05, 0.1) is 18.3 Å². The van der Waals surface area contributed by atoms with E-state index in [9.17, 15) is 0 Å². The summed E-state index contributed by atoms with van der Waals surface area (Å²) >= 11 is 17.6. The van der Waals surface area contributed by atoms with Gasteiger partial charge in [0.25, 0.3) is 0 Å². The average molecular weight is 485 g/mol. The molecule has 0 unspecified atom stereocenters. The molecule has 0 fully saturated rings. The zero-order valence-corrected chi connectivity index (χ0v) is 19.3. The summed E-state index contributed by atoms with van der Waals surface area (Å²) in [5.41, 5.74) is 2.52. The van der Waals surface area contributed by atoms with Crippen LogP contribution in [0.15, 0.2) is 71.8 Å². The lowest BCUT2D eigenvalue weighted by Crippen LogP contribution is -1.99. The fraction of sp³-hybridized carbons (Fsp3) is 0.0870. The predicted octanol–water partition coefficient (Wildman–Crippen LogP) is 6.38. The molecule has 6 nitrogen and oxygen atoms in total. The number of nitrogens with one attached hydrogen (secondary N) is 1. The van der Waals surface area contributed by atoms with Crippen molar-refractivity contribution < 1.29 is 9.47 Å². The fourth-order valence-corrected chi connectivity index (χ4v) is 3.66. The van der Waals surface area contributed by atoms with E-state index in [1.807, 2.05) is 48.5 Å². The molecule has 0 spiro atoms. The van der Waals surface area contributed by atoms with Crippen LogP contribution in [0.3, 0.4) is 0 Å². The lowest BCUT2D eigenvalue weighted by Gasteiger charge is -2.11. The van der Waals surface area contributed by atoms with Gasteiger partial charge in [0.2, 0.25) is 4.77 Å². The Morgan fingerprint density at radius 2 is 1.88 bits per heavy atom. The summed E-state index contributed by atoms with van der Waals surface area (Å²) in [6.07, 6.45) is 1.65. The zero-order chi connectivity index (χ0) is 22.5. The van der Waals surface area contributed by atoms with Crippen molar-refractivity contribution in [1.82, 2.24) is 14.9 Å². The molecule has 1 heterocycles. The normalized spacial score (nSPS) is 11.1. The number of hydrogen-bond acceptors (Lipinski definition) is 5. The smallest absolute Gasteiger partial charge is 0.216 e. The second-order valence-electron chi connectivity index (χ2n) is 6.72. The van der Waals surface area contributed by atoms with Gasteiger partial charge in [-0.05, 0) is 59.7 Å². The molecule has 4 rings (SSSR count). The molecule has 0 saturated heterocycles. The minimum absolute atomic E-state index is 0.331. The Hall–Kier alpha value is -3.13. The van der Waals surface area contributed by atoms with Crippen molar-refractivity contribution in [2.24, 2.45) is 5.10 Å². The van der Waals surface area contributed by atoms with E-state index in [0.29, 0.717) is 44.3 Å². The Kier molecular flexibility index (Phi) is 6.90. The number of aromatic nitrogens is 3. The Labute approximate surface area is 200 Å². The lowest BCUT2D eigenvalue weighted by atomic mass is 10.2. The van der Waals surface area contributed by atoms with Gasteiger partial charge in [-0.15, -0.1) is 0 Å². The fourth-order valence-electron chi connectivity index (χ4n) is 2.99. The average Bonchev–Trinajstić information content (AvgIpc) is 3.17. The molecule has 0 aliphatic heterocycles. The first-order valence-electron chi connectivity index (χ1n) is 9.57. The summed E-state index contributed by atoms with van der Waals surface area (Å²) in [5, 5.41) is 12.5. The van der Waals surface area contributed by atoms with E-state index in [0.717, 1.165) is 11.1 Å². The first-order chi connectivity index (χ1) is 15.5. The van der Waals surface area contributed by atoms with Gasteiger partial charge in [0.1, 0.15) is 6.61 Å². The van der Waals surface area contributed by atoms with E-state index < -0.39 is 0 Å². The van der Waals surface area contributed by atoms with E-state index in [-0.39, 0.29) is 0 Å². The third-order valence-electron chi connectivity index (χ3n) is 4.57. The molecule has 0 aliphatic carbocycles. The van der Waals surface area contributed by atoms with Gasteiger partial charge >= 0.3 is 0 Å². The van der Waals surface area contributed by atoms with E-state index in [2.05, 4.69) is 15.3 Å². The molecular formula is C23H18Cl2N4O2S. The highest BCUT2D eigenvalue weighted by Gasteiger charge is 2.12. The van der Waals surface area contributed by atoms with Crippen molar-refractivity contribution in [2.45, 2.75) is 6.61 Å². The molecular weight excluding hydrogens is 467 g/mol. The SMILES string of the molecule is COc1cc(C=Nn2c(-c3ccc(Cl)cc3Cl)n[nH]c2=S)ccc1OCc1ccccc1. The molecule has 0 amide bonds. The molecule has 0 radical (unpaired) electrons. The number of ether oxygens (including phenoxy) is 2. The summed E-state index contributed by atoms with van der Waals surface area (Å²) in [6, 6.07) is 20.6. The number of methoxy groups -OCH3 is 1. The maximum Gasteiger partial charge on any atom is 0.216 e. The van der Waals surface area contributed by atoms with Crippen LogP contribution in [0.25, 0.3) is 11.4 Å². The van der Waals surface area contributed by atoms with Crippen LogP contribution < -0.4 is 9.47 Å². The molecule has 1 aromatic heterocycles. The first kappa shape index (κ1) is 22.1. The van der Waals surface area contributed by atoms with Crippen LogP contribution in [0.5, 0.6) is 11.5 Å².